The van der Waals surface area contributed by atoms with Crippen LogP contribution in [0.4, 0.5) is 0 Å². The van der Waals surface area contributed by atoms with Gasteiger partial charge in [-0.25, -0.2) is 9.67 Å². The van der Waals surface area contributed by atoms with E-state index < -0.39 is 8.07 Å². The Morgan fingerprint density at radius 1 is 1.26 bits per heavy atom. The molecular weight excluding hydrogens is 362 g/mol. The van der Waals surface area contributed by atoms with Crippen LogP contribution in [0.3, 0.4) is 0 Å². The largest absolute Gasteiger partial charge is 0.494 e. The van der Waals surface area contributed by atoms with Crippen molar-refractivity contribution in [1.82, 2.24) is 24.7 Å². The van der Waals surface area contributed by atoms with Gasteiger partial charge in [0.25, 0.3) is 5.56 Å². The van der Waals surface area contributed by atoms with E-state index in [0.29, 0.717) is 29.2 Å². The van der Waals surface area contributed by atoms with E-state index in [1.807, 2.05) is 13.1 Å². The molecule has 0 atom stereocenters. The summed E-state index contributed by atoms with van der Waals surface area (Å²) in [6, 6.07) is 1.11. The zero-order chi connectivity index (χ0) is 19.6. The Kier molecular flexibility index (Phi) is 5.42. The molecule has 0 unspecified atom stereocenters. The van der Waals surface area contributed by atoms with E-state index in [1.54, 1.807) is 10.9 Å². The molecule has 0 aliphatic carbocycles. The predicted octanol–water partition coefficient (Wildman–Crippen LogP) is 2.81. The lowest BCUT2D eigenvalue weighted by atomic mass is 10.2. The van der Waals surface area contributed by atoms with Gasteiger partial charge in [-0.2, -0.15) is 5.10 Å². The molecule has 3 rings (SSSR count). The molecule has 1 N–H and O–H groups in total. The Hall–Kier alpha value is -2.52. The summed E-state index contributed by atoms with van der Waals surface area (Å²) in [5, 5.41) is 4.85. The number of fused-ring (bicyclic) bond motifs is 1. The molecule has 8 nitrogen and oxygen atoms in total. The molecule has 27 heavy (non-hydrogen) atoms. The number of rotatable bonds is 7. The third-order valence-corrected chi connectivity index (χ3v) is 5.93. The topological polar surface area (TPSA) is 94.9 Å². The summed E-state index contributed by atoms with van der Waals surface area (Å²) < 4.78 is 12.7. The quantitative estimate of drug-likeness (QED) is 0.495. The van der Waals surface area contributed by atoms with Crippen molar-refractivity contribution < 1.29 is 9.47 Å². The van der Waals surface area contributed by atoms with Gasteiger partial charge in [0.1, 0.15) is 23.5 Å². The van der Waals surface area contributed by atoms with Crippen molar-refractivity contribution in [2.75, 3.05) is 13.7 Å². The van der Waals surface area contributed by atoms with Gasteiger partial charge in [-0.15, -0.1) is 0 Å². The van der Waals surface area contributed by atoms with E-state index in [0.717, 1.165) is 23.9 Å². The lowest BCUT2D eigenvalue weighted by Crippen LogP contribution is -2.22. The van der Waals surface area contributed by atoms with Crippen molar-refractivity contribution >= 4 is 19.0 Å². The normalized spacial score (nSPS) is 11.9. The number of hydrogen-bond acceptors (Lipinski definition) is 6. The number of pyridine rings is 1. The van der Waals surface area contributed by atoms with Crippen LogP contribution in [-0.2, 0) is 11.5 Å². The van der Waals surface area contributed by atoms with Crippen LogP contribution in [-0.4, -0.2) is 46.5 Å². The first-order valence-electron chi connectivity index (χ1n) is 8.83. The third-order valence-electron chi connectivity index (χ3n) is 4.22. The molecule has 0 amide bonds. The molecule has 0 bridgehead atoms. The van der Waals surface area contributed by atoms with Crippen LogP contribution in [0.2, 0.25) is 25.7 Å². The van der Waals surface area contributed by atoms with Crippen LogP contribution in [0.15, 0.2) is 23.4 Å². The molecule has 0 saturated carbocycles. The number of aryl methyl sites for hydroxylation is 1. The van der Waals surface area contributed by atoms with E-state index in [9.17, 15) is 4.79 Å². The molecule has 3 heterocycles. The van der Waals surface area contributed by atoms with E-state index in [4.69, 9.17) is 9.47 Å². The highest BCUT2D eigenvalue weighted by molar-refractivity contribution is 6.76. The molecule has 3 aromatic rings. The number of hydrogen-bond donors (Lipinski definition) is 1. The number of methoxy groups -OCH3 is 1. The number of ether oxygens (including phenoxy) is 2. The maximum Gasteiger partial charge on any atom is 0.262 e. The molecule has 0 aromatic carbocycles. The Morgan fingerprint density at radius 3 is 2.74 bits per heavy atom. The summed E-state index contributed by atoms with van der Waals surface area (Å²) in [7, 11) is 0.386. The number of aromatic nitrogens is 5. The van der Waals surface area contributed by atoms with Crippen LogP contribution < -0.4 is 10.3 Å². The highest BCUT2D eigenvalue weighted by atomic mass is 28.3. The minimum Gasteiger partial charge on any atom is -0.494 e. The SMILES string of the molecule is COc1cncc2nc(-c3cn(COCC[Si](C)(C)C)nc3C)[nH]c(=O)c12. The predicted molar refractivity (Wildman–Crippen MR) is 107 cm³/mol. The number of nitrogens with zero attached hydrogens (tertiary/aromatic N) is 4. The van der Waals surface area contributed by atoms with Crippen molar-refractivity contribution in [1.29, 1.82) is 0 Å². The molecule has 0 aliphatic rings. The zero-order valence-electron chi connectivity index (χ0n) is 16.4. The zero-order valence-corrected chi connectivity index (χ0v) is 17.4. The van der Waals surface area contributed by atoms with E-state index in [-0.39, 0.29) is 5.56 Å². The molecule has 0 spiro atoms. The number of nitrogens with one attached hydrogen (secondary N) is 1. The fourth-order valence-corrected chi connectivity index (χ4v) is 3.45. The maximum absolute atomic E-state index is 12.5. The average Bonchev–Trinajstić information content (AvgIpc) is 2.98. The molecule has 0 radical (unpaired) electrons. The summed E-state index contributed by atoms with van der Waals surface area (Å²) in [5.74, 6) is 0.851. The Bertz CT molecular complexity index is 1010. The molecule has 0 saturated heterocycles. The first kappa shape index (κ1) is 19.2. The van der Waals surface area contributed by atoms with E-state index in [1.165, 1.54) is 13.3 Å². The van der Waals surface area contributed by atoms with Crippen molar-refractivity contribution in [3.63, 3.8) is 0 Å². The molecule has 0 fully saturated rings. The fraction of sp³-hybridized carbons (Fsp3) is 0.444. The first-order valence-corrected chi connectivity index (χ1v) is 12.5. The van der Waals surface area contributed by atoms with Gasteiger partial charge >= 0.3 is 0 Å². The average molecular weight is 388 g/mol. The summed E-state index contributed by atoms with van der Waals surface area (Å²) in [5.41, 5.74) is 1.73. The Balaban J connectivity index is 1.85. The molecular formula is C18H25N5O3Si. The summed E-state index contributed by atoms with van der Waals surface area (Å²) in [6.45, 7) is 9.93. The van der Waals surface area contributed by atoms with Crippen molar-refractivity contribution in [2.45, 2.75) is 39.3 Å². The van der Waals surface area contributed by atoms with Crippen LogP contribution >= 0.6 is 0 Å². The first-order chi connectivity index (χ1) is 12.8. The van der Waals surface area contributed by atoms with Crippen molar-refractivity contribution in [3.8, 4) is 17.1 Å². The molecule has 3 aromatic heterocycles. The Morgan fingerprint density at radius 2 is 2.04 bits per heavy atom. The van der Waals surface area contributed by atoms with Crippen LogP contribution in [0, 0.1) is 6.92 Å². The van der Waals surface area contributed by atoms with Gasteiger partial charge < -0.3 is 14.5 Å². The van der Waals surface area contributed by atoms with Gasteiger partial charge in [-0.05, 0) is 13.0 Å². The highest BCUT2D eigenvalue weighted by Crippen LogP contribution is 2.23. The lowest BCUT2D eigenvalue weighted by molar-refractivity contribution is 0.0784. The van der Waals surface area contributed by atoms with Crippen LogP contribution in [0.25, 0.3) is 22.3 Å². The maximum atomic E-state index is 12.5. The van der Waals surface area contributed by atoms with E-state index >= 15 is 0 Å². The van der Waals surface area contributed by atoms with Gasteiger partial charge in [0.15, 0.2) is 5.75 Å². The monoisotopic (exact) mass is 387 g/mol. The van der Waals surface area contributed by atoms with Crippen LogP contribution in [0.5, 0.6) is 5.75 Å². The Labute approximate surface area is 158 Å². The van der Waals surface area contributed by atoms with Gasteiger partial charge in [0.05, 0.1) is 30.8 Å². The second-order valence-corrected chi connectivity index (χ2v) is 13.3. The second-order valence-electron chi connectivity index (χ2n) is 7.67. The smallest absolute Gasteiger partial charge is 0.262 e. The van der Waals surface area contributed by atoms with Gasteiger partial charge in [0.2, 0.25) is 0 Å². The number of H-pyrrole nitrogens is 1. The number of aromatic amines is 1. The molecule has 0 aliphatic heterocycles. The fourth-order valence-electron chi connectivity index (χ4n) is 2.70. The third kappa shape index (κ3) is 4.42. The van der Waals surface area contributed by atoms with Gasteiger partial charge in [-0.1, -0.05) is 19.6 Å². The summed E-state index contributed by atoms with van der Waals surface area (Å²) in [6.07, 6.45) is 4.89. The van der Waals surface area contributed by atoms with Gasteiger partial charge in [0, 0.05) is 20.9 Å². The molecule has 9 heteroatoms. The van der Waals surface area contributed by atoms with Gasteiger partial charge in [-0.3, -0.25) is 9.78 Å². The molecule has 144 valence electrons. The minimum absolute atomic E-state index is 0.271. The summed E-state index contributed by atoms with van der Waals surface area (Å²) in [4.78, 5) is 24.0. The summed E-state index contributed by atoms with van der Waals surface area (Å²) >= 11 is 0. The lowest BCUT2D eigenvalue weighted by Gasteiger charge is -2.15. The highest BCUT2D eigenvalue weighted by Gasteiger charge is 2.15. The standard InChI is InChI=1S/C18H25N5O3Si/c1-12-13(10-23(22-12)11-26-6-7-27(3,4)5)17-20-14-8-19-9-15(25-2)16(14)18(24)21-17/h8-10H,6-7,11H2,1-5H3,(H,20,21,24). The van der Waals surface area contributed by atoms with Crippen molar-refractivity contribution in [3.05, 3.63) is 34.6 Å². The van der Waals surface area contributed by atoms with Crippen LogP contribution in [0.1, 0.15) is 5.69 Å². The van der Waals surface area contributed by atoms with Crippen molar-refractivity contribution in [2.24, 2.45) is 0 Å². The van der Waals surface area contributed by atoms with E-state index in [2.05, 4.69) is 39.7 Å². The second kappa shape index (κ2) is 7.61. The minimum atomic E-state index is -1.11.